The van der Waals surface area contributed by atoms with Gasteiger partial charge in [-0.25, -0.2) is 4.39 Å². The van der Waals surface area contributed by atoms with Crippen LogP contribution in [-0.4, -0.2) is 28.2 Å². The number of halogens is 4. The van der Waals surface area contributed by atoms with E-state index in [2.05, 4.69) is 29.6 Å². The Balaban J connectivity index is 1.55. The Hall–Kier alpha value is -1.38. The van der Waals surface area contributed by atoms with Crippen LogP contribution in [0.3, 0.4) is 0 Å². The Morgan fingerprint density at radius 2 is 1.72 bits per heavy atom. The number of thioether (sulfide) groups is 1. The molecule has 0 unspecified atom stereocenters. The molecule has 0 spiro atoms. The maximum Gasteiger partial charge on any atom is 0.417 e. The van der Waals surface area contributed by atoms with E-state index in [0.717, 1.165) is 56.0 Å². The average molecular weight is 548 g/mol. The van der Waals surface area contributed by atoms with Crippen molar-refractivity contribution in [3.05, 3.63) is 65.0 Å². The third-order valence-electron chi connectivity index (χ3n) is 6.83. The van der Waals surface area contributed by atoms with Crippen LogP contribution in [0, 0.1) is 5.82 Å². The summed E-state index contributed by atoms with van der Waals surface area (Å²) in [4.78, 5) is 17.6. The largest absolute Gasteiger partial charge is 0.417 e. The van der Waals surface area contributed by atoms with Crippen molar-refractivity contribution in [1.82, 2.24) is 5.32 Å². The van der Waals surface area contributed by atoms with Crippen LogP contribution >= 0.6 is 19.4 Å². The predicted octanol–water partition coefficient (Wildman–Crippen LogP) is 7.28. The van der Waals surface area contributed by atoms with Crippen LogP contribution in [0.4, 0.5) is 17.6 Å². The number of rotatable bonds is 13. The molecular weight excluding hydrogens is 513 g/mol. The summed E-state index contributed by atoms with van der Waals surface area (Å²) in [7, 11) is -4.13. The molecule has 200 valence electrons. The lowest BCUT2D eigenvalue weighted by atomic mass is 9.75. The standard InChI is InChI=1S/C26H34F4NO3PS/c27-23-18-24(22(26(28,29)30)17-20(23)19-31-14-8-15-35(32,33)34)36-16-7-6-13-25(11-4-5-12-25)21-9-2-1-3-10-21/h1-3,9-10,17-18,31H,4-8,11-16,19H2,(H2,32,33,34). The normalized spacial score (nSPS) is 15.9. The molecule has 1 aliphatic rings. The first-order chi connectivity index (χ1) is 17.0. The predicted molar refractivity (Wildman–Crippen MR) is 136 cm³/mol. The molecule has 0 atom stereocenters. The molecule has 2 aromatic carbocycles. The number of alkyl halides is 3. The lowest BCUT2D eigenvalue weighted by Crippen LogP contribution is -2.21. The van der Waals surface area contributed by atoms with Gasteiger partial charge in [0.15, 0.2) is 0 Å². The van der Waals surface area contributed by atoms with E-state index >= 15 is 0 Å². The van der Waals surface area contributed by atoms with E-state index in [4.69, 9.17) is 9.79 Å². The van der Waals surface area contributed by atoms with Crippen molar-refractivity contribution in [2.45, 2.75) is 74.4 Å². The van der Waals surface area contributed by atoms with Crippen molar-refractivity contribution in [3.8, 4) is 0 Å². The van der Waals surface area contributed by atoms with Crippen LogP contribution in [0.15, 0.2) is 47.4 Å². The van der Waals surface area contributed by atoms with Gasteiger partial charge in [-0.3, -0.25) is 4.57 Å². The Bertz CT molecular complexity index is 1020. The highest BCUT2D eigenvalue weighted by Crippen LogP contribution is 2.45. The molecule has 0 bridgehead atoms. The number of benzene rings is 2. The first kappa shape index (κ1) is 29.2. The van der Waals surface area contributed by atoms with Crippen LogP contribution in [0.1, 0.15) is 68.1 Å². The fraction of sp³-hybridized carbons (Fsp3) is 0.538. The van der Waals surface area contributed by atoms with E-state index in [1.54, 1.807) is 0 Å². The highest BCUT2D eigenvalue weighted by Gasteiger charge is 2.36. The molecule has 4 nitrogen and oxygen atoms in total. The van der Waals surface area contributed by atoms with Crippen molar-refractivity contribution in [2.75, 3.05) is 18.5 Å². The number of hydrogen-bond acceptors (Lipinski definition) is 3. The quantitative estimate of drug-likeness (QED) is 0.106. The summed E-state index contributed by atoms with van der Waals surface area (Å²) >= 11 is 1.04. The highest BCUT2D eigenvalue weighted by atomic mass is 32.2. The second kappa shape index (κ2) is 12.9. The fourth-order valence-corrected chi connectivity index (χ4v) is 6.64. The minimum atomic E-state index is -4.60. The van der Waals surface area contributed by atoms with Crippen molar-refractivity contribution >= 4 is 19.4 Å². The second-order valence-corrected chi connectivity index (χ2v) is 12.4. The van der Waals surface area contributed by atoms with E-state index in [9.17, 15) is 22.1 Å². The van der Waals surface area contributed by atoms with Gasteiger partial charge in [-0.1, -0.05) is 49.6 Å². The van der Waals surface area contributed by atoms with Gasteiger partial charge in [-0.2, -0.15) is 13.2 Å². The van der Waals surface area contributed by atoms with Gasteiger partial charge in [0.2, 0.25) is 0 Å². The van der Waals surface area contributed by atoms with Crippen LogP contribution in [0.2, 0.25) is 0 Å². The van der Waals surface area contributed by atoms with Crippen molar-refractivity contribution in [1.29, 1.82) is 0 Å². The molecule has 1 saturated carbocycles. The van der Waals surface area contributed by atoms with E-state index in [-0.39, 0.29) is 41.5 Å². The summed E-state index contributed by atoms with van der Waals surface area (Å²) in [5.41, 5.74) is 0.545. The smallest absolute Gasteiger partial charge is 0.324 e. The lowest BCUT2D eigenvalue weighted by Gasteiger charge is -2.30. The first-order valence-corrected chi connectivity index (χ1v) is 15.1. The summed E-state index contributed by atoms with van der Waals surface area (Å²) in [6.45, 7) is 0.00939. The van der Waals surface area contributed by atoms with Gasteiger partial charge < -0.3 is 15.1 Å². The average Bonchev–Trinajstić information content (AvgIpc) is 3.29. The van der Waals surface area contributed by atoms with Crippen molar-refractivity contribution in [2.24, 2.45) is 0 Å². The van der Waals surface area contributed by atoms with Crippen LogP contribution in [0.5, 0.6) is 0 Å². The van der Waals surface area contributed by atoms with E-state index in [1.165, 1.54) is 18.4 Å². The van der Waals surface area contributed by atoms with Gasteiger partial charge in [-0.15, -0.1) is 11.8 Å². The zero-order valence-corrected chi connectivity index (χ0v) is 21.9. The Kier molecular flexibility index (Phi) is 10.5. The minimum absolute atomic E-state index is 0.108. The molecule has 0 aliphatic heterocycles. The molecule has 0 amide bonds. The summed E-state index contributed by atoms with van der Waals surface area (Å²) < 4.78 is 66.6. The van der Waals surface area contributed by atoms with Gasteiger partial charge in [-0.05, 0) is 67.5 Å². The SMILES string of the molecule is O=P(O)(O)CCCNCc1cc(C(F)(F)F)c(SCCCCC2(c3ccccc3)CCCC2)cc1F. The zero-order valence-electron chi connectivity index (χ0n) is 20.2. The van der Waals surface area contributed by atoms with Crippen molar-refractivity contribution in [3.63, 3.8) is 0 Å². The summed E-state index contributed by atoms with van der Waals surface area (Å²) in [5.74, 6) is -0.241. The van der Waals surface area contributed by atoms with Crippen molar-refractivity contribution < 1.29 is 31.9 Å². The van der Waals surface area contributed by atoms with Gasteiger partial charge in [0.25, 0.3) is 0 Å². The van der Waals surface area contributed by atoms with Gasteiger partial charge in [0.05, 0.1) is 11.7 Å². The Morgan fingerprint density at radius 1 is 1.03 bits per heavy atom. The molecule has 1 aliphatic carbocycles. The van der Waals surface area contributed by atoms with Gasteiger partial charge in [0.1, 0.15) is 5.82 Å². The van der Waals surface area contributed by atoms with Gasteiger partial charge >= 0.3 is 13.8 Å². The van der Waals surface area contributed by atoms with Crippen LogP contribution in [-0.2, 0) is 22.7 Å². The van der Waals surface area contributed by atoms with E-state index in [0.29, 0.717) is 5.75 Å². The second-order valence-electron chi connectivity index (χ2n) is 9.52. The third-order valence-corrected chi connectivity index (χ3v) is 8.87. The molecule has 1 fully saturated rings. The molecule has 0 saturated heterocycles. The summed E-state index contributed by atoms with van der Waals surface area (Å²) in [6, 6.07) is 12.3. The molecule has 0 heterocycles. The number of hydrogen-bond donors (Lipinski definition) is 3. The lowest BCUT2D eigenvalue weighted by molar-refractivity contribution is -0.139. The molecule has 2 aromatic rings. The monoisotopic (exact) mass is 547 g/mol. The number of nitrogens with one attached hydrogen (secondary N) is 1. The maximum atomic E-state index is 14.6. The van der Waals surface area contributed by atoms with E-state index in [1.807, 2.05) is 6.07 Å². The maximum absolute atomic E-state index is 14.6. The first-order valence-electron chi connectivity index (χ1n) is 12.3. The van der Waals surface area contributed by atoms with Crippen LogP contribution in [0.25, 0.3) is 0 Å². The highest BCUT2D eigenvalue weighted by molar-refractivity contribution is 7.99. The molecule has 0 aromatic heterocycles. The molecule has 0 radical (unpaired) electrons. The summed E-state index contributed by atoms with van der Waals surface area (Å²) in [5, 5.41) is 2.76. The molecule has 3 N–H and O–H groups in total. The molecule has 3 rings (SSSR count). The number of unbranched alkanes of at least 4 members (excludes halogenated alkanes) is 1. The molecule has 10 heteroatoms. The van der Waals surface area contributed by atoms with E-state index < -0.39 is 25.2 Å². The zero-order chi connectivity index (χ0) is 26.2. The van der Waals surface area contributed by atoms with Crippen LogP contribution < -0.4 is 5.32 Å². The topological polar surface area (TPSA) is 69.6 Å². The Morgan fingerprint density at radius 3 is 2.36 bits per heavy atom. The fourth-order valence-electron chi connectivity index (χ4n) is 4.98. The minimum Gasteiger partial charge on any atom is -0.324 e. The summed E-state index contributed by atoms with van der Waals surface area (Å²) in [6.07, 6.45) is 2.53. The van der Waals surface area contributed by atoms with Gasteiger partial charge in [0, 0.05) is 17.0 Å². The third kappa shape index (κ3) is 8.59. The molecular formula is C26H34F4NO3PS. The Labute approximate surface area is 214 Å². The molecule has 36 heavy (non-hydrogen) atoms.